The van der Waals surface area contributed by atoms with Gasteiger partial charge in [-0.1, -0.05) is 38.3 Å². The first-order valence-corrected chi connectivity index (χ1v) is 8.17. The van der Waals surface area contributed by atoms with Crippen molar-refractivity contribution in [1.82, 2.24) is 5.32 Å². The van der Waals surface area contributed by atoms with Gasteiger partial charge in [0.1, 0.15) is 5.82 Å². The number of benzene rings is 1. The first-order chi connectivity index (χ1) is 9.61. The van der Waals surface area contributed by atoms with Crippen molar-refractivity contribution >= 4 is 11.6 Å². The highest BCUT2D eigenvalue weighted by Gasteiger charge is 2.31. The number of halogens is 2. The van der Waals surface area contributed by atoms with E-state index in [2.05, 4.69) is 19.2 Å². The van der Waals surface area contributed by atoms with E-state index in [4.69, 9.17) is 11.6 Å². The quantitative estimate of drug-likeness (QED) is 0.793. The molecule has 3 unspecified atom stereocenters. The second-order valence-electron chi connectivity index (χ2n) is 6.07. The molecule has 112 valence electrons. The second kappa shape index (κ2) is 7.42. The van der Waals surface area contributed by atoms with Gasteiger partial charge in [-0.3, -0.25) is 0 Å². The van der Waals surface area contributed by atoms with Crippen LogP contribution in [0.1, 0.15) is 45.1 Å². The molecule has 1 aromatic carbocycles. The molecule has 0 aromatic heterocycles. The molecule has 1 fully saturated rings. The van der Waals surface area contributed by atoms with E-state index in [1.165, 1.54) is 25.3 Å². The lowest BCUT2D eigenvalue weighted by Gasteiger charge is -2.28. The Morgan fingerprint density at radius 2 is 2.20 bits per heavy atom. The predicted molar refractivity (Wildman–Crippen MR) is 83.7 cm³/mol. The molecule has 1 N–H and O–H groups in total. The van der Waals surface area contributed by atoms with E-state index in [9.17, 15) is 4.39 Å². The van der Waals surface area contributed by atoms with Crippen LogP contribution >= 0.6 is 11.6 Å². The Morgan fingerprint density at radius 3 is 2.85 bits per heavy atom. The highest BCUT2D eigenvalue weighted by Crippen LogP contribution is 2.35. The summed E-state index contributed by atoms with van der Waals surface area (Å²) < 4.78 is 13.9. The summed E-state index contributed by atoms with van der Waals surface area (Å²) in [6, 6.07) is 5.23. The molecular formula is C17H25ClFN. The fourth-order valence-corrected chi connectivity index (χ4v) is 3.61. The third-order valence-corrected chi connectivity index (χ3v) is 4.78. The van der Waals surface area contributed by atoms with Crippen LogP contribution in [0, 0.1) is 17.7 Å². The van der Waals surface area contributed by atoms with E-state index in [0.29, 0.717) is 17.0 Å². The van der Waals surface area contributed by atoms with E-state index in [1.54, 1.807) is 12.1 Å². The summed E-state index contributed by atoms with van der Waals surface area (Å²) in [5.41, 5.74) is 0.741. The second-order valence-corrected chi connectivity index (χ2v) is 6.51. The van der Waals surface area contributed by atoms with E-state index in [0.717, 1.165) is 30.9 Å². The van der Waals surface area contributed by atoms with Crippen molar-refractivity contribution < 1.29 is 4.39 Å². The van der Waals surface area contributed by atoms with Crippen LogP contribution < -0.4 is 5.32 Å². The van der Waals surface area contributed by atoms with Gasteiger partial charge in [-0.2, -0.15) is 0 Å². The van der Waals surface area contributed by atoms with Crippen molar-refractivity contribution in [3.8, 4) is 0 Å². The molecular weight excluding hydrogens is 273 g/mol. The Labute approximate surface area is 126 Å². The van der Waals surface area contributed by atoms with Crippen molar-refractivity contribution in [2.45, 2.75) is 52.0 Å². The summed E-state index contributed by atoms with van der Waals surface area (Å²) in [6.45, 7) is 5.49. The van der Waals surface area contributed by atoms with Crippen LogP contribution in [0.3, 0.4) is 0 Å². The number of hydrogen-bond donors (Lipinski definition) is 1. The summed E-state index contributed by atoms with van der Waals surface area (Å²) in [7, 11) is 0. The lowest BCUT2D eigenvalue weighted by atomic mass is 9.86. The van der Waals surface area contributed by atoms with E-state index in [1.807, 2.05) is 0 Å². The molecule has 3 atom stereocenters. The summed E-state index contributed by atoms with van der Waals surface area (Å²) in [5.74, 6) is 1.25. The fourth-order valence-electron chi connectivity index (χ4n) is 3.41. The Balaban J connectivity index is 2.12. The zero-order chi connectivity index (χ0) is 14.5. The van der Waals surface area contributed by atoms with Crippen molar-refractivity contribution in [2.75, 3.05) is 6.54 Å². The molecule has 1 aliphatic carbocycles. The molecule has 1 nitrogen and oxygen atoms in total. The van der Waals surface area contributed by atoms with Crippen LogP contribution in [0.15, 0.2) is 18.2 Å². The van der Waals surface area contributed by atoms with Crippen LogP contribution in [-0.4, -0.2) is 12.6 Å². The molecule has 0 heterocycles. The molecule has 3 heteroatoms. The monoisotopic (exact) mass is 297 g/mol. The molecule has 2 rings (SSSR count). The normalized spacial score (nSPS) is 24.0. The third kappa shape index (κ3) is 3.95. The van der Waals surface area contributed by atoms with Crippen molar-refractivity contribution in [2.24, 2.45) is 11.8 Å². The maximum atomic E-state index is 13.9. The van der Waals surface area contributed by atoms with Gasteiger partial charge in [0.2, 0.25) is 0 Å². The molecule has 20 heavy (non-hydrogen) atoms. The first kappa shape index (κ1) is 15.8. The smallest absolute Gasteiger partial charge is 0.126 e. The van der Waals surface area contributed by atoms with Gasteiger partial charge in [0.15, 0.2) is 0 Å². The van der Waals surface area contributed by atoms with Gasteiger partial charge >= 0.3 is 0 Å². The maximum Gasteiger partial charge on any atom is 0.126 e. The molecule has 0 aliphatic heterocycles. The van der Waals surface area contributed by atoms with Gasteiger partial charge in [0, 0.05) is 11.1 Å². The molecule has 0 radical (unpaired) electrons. The highest BCUT2D eigenvalue weighted by molar-refractivity contribution is 6.30. The van der Waals surface area contributed by atoms with E-state index < -0.39 is 0 Å². The Hall–Kier alpha value is -0.600. The zero-order valence-electron chi connectivity index (χ0n) is 12.5. The van der Waals surface area contributed by atoms with Crippen LogP contribution in [0.2, 0.25) is 5.02 Å². The van der Waals surface area contributed by atoms with E-state index in [-0.39, 0.29) is 5.82 Å². The van der Waals surface area contributed by atoms with Gasteiger partial charge in [0.25, 0.3) is 0 Å². The molecule has 1 saturated carbocycles. The number of nitrogens with one attached hydrogen (secondary N) is 1. The first-order valence-electron chi connectivity index (χ1n) is 7.79. The lowest BCUT2D eigenvalue weighted by molar-refractivity contribution is 0.293. The fraction of sp³-hybridized carbons (Fsp3) is 0.647. The lowest BCUT2D eigenvalue weighted by Crippen LogP contribution is -2.39. The van der Waals surface area contributed by atoms with Gasteiger partial charge in [-0.15, -0.1) is 0 Å². The van der Waals surface area contributed by atoms with Gasteiger partial charge in [0.05, 0.1) is 0 Å². The topological polar surface area (TPSA) is 12.0 Å². The standard InChI is InChI=1S/C17H25ClFN/c1-3-9-20-17(15-6-4-5-12(15)2)11-13-10-14(18)7-8-16(13)19/h7-8,10,12,15,17,20H,3-6,9,11H2,1-2H3. The predicted octanol–water partition coefficient (Wildman–Crippen LogP) is 4.83. The maximum absolute atomic E-state index is 13.9. The van der Waals surface area contributed by atoms with Crippen molar-refractivity contribution in [1.29, 1.82) is 0 Å². The molecule has 0 bridgehead atoms. The summed E-state index contributed by atoms with van der Waals surface area (Å²) >= 11 is 6.01. The van der Waals surface area contributed by atoms with Gasteiger partial charge in [-0.25, -0.2) is 4.39 Å². The number of rotatable bonds is 6. The average molecular weight is 298 g/mol. The minimum atomic E-state index is -0.136. The Morgan fingerprint density at radius 1 is 1.40 bits per heavy atom. The van der Waals surface area contributed by atoms with Crippen molar-refractivity contribution in [3.05, 3.63) is 34.6 Å². The molecule has 0 amide bonds. The summed E-state index contributed by atoms with van der Waals surface area (Å²) in [5, 5.41) is 4.25. The van der Waals surface area contributed by atoms with Crippen LogP contribution in [-0.2, 0) is 6.42 Å². The van der Waals surface area contributed by atoms with Gasteiger partial charge < -0.3 is 5.32 Å². The molecule has 1 aromatic rings. The van der Waals surface area contributed by atoms with Crippen LogP contribution in [0.4, 0.5) is 4.39 Å². The number of hydrogen-bond acceptors (Lipinski definition) is 1. The summed E-state index contributed by atoms with van der Waals surface area (Å²) in [6.07, 6.45) is 5.70. The average Bonchev–Trinajstić information content (AvgIpc) is 2.84. The van der Waals surface area contributed by atoms with Crippen LogP contribution in [0.25, 0.3) is 0 Å². The SMILES string of the molecule is CCCNC(Cc1cc(Cl)ccc1F)C1CCCC1C. The Bertz CT molecular complexity index is 435. The third-order valence-electron chi connectivity index (χ3n) is 4.55. The Kier molecular flexibility index (Phi) is 5.86. The van der Waals surface area contributed by atoms with E-state index >= 15 is 0 Å². The zero-order valence-corrected chi connectivity index (χ0v) is 13.2. The highest BCUT2D eigenvalue weighted by atomic mass is 35.5. The molecule has 0 spiro atoms. The minimum absolute atomic E-state index is 0.136. The largest absolute Gasteiger partial charge is 0.313 e. The molecule has 1 aliphatic rings. The van der Waals surface area contributed by atoms with Crippen molar-refractivity contribution in [3.63, 3.8) is 0 Å². The van der Waals surface area contributed by atoms with Gasteiger partial charge in [-0.05, 0) is 61.4 Å². The summed E-state index contributed by atoms with van der Waals surface area (Å²) in [4.78, 5) is 0. The minimum Gasteiger partial charge on any atom is -0.313 e. The van der Waals surface area contributed by atoms with Crippen LogP contribution in [0.5, 0.6) is 0 Å². The molecule has 0 saturated heterocycles.